The molecule has 0 amide bonds. The maximum Gasteiger partial charge on any atom is 0.0424 e. The largest absolute Gasteiger partial charge is 0.323 e. The normalized spacial score (nSPS) is 13.4. The molecule has 0 aliphatic rings. The molecule has 1 unspecified atom stereocenters. The van der Waals surface area contributed by atoms with Gasteiger partial charge in [0.15, 0.2) is 0 Å². The van der Waals surface area contributed by atoms with Crippen LogP contribution in [0.3, 0.4) is 0 Å². The minimum atomic E-state index is 0.114. The molecule has 1 rings (SSSR count). The molecule has 0 fully saturated rings. The predicted octanol–water partition coefficient (Wildman–Crippen LogP) is 2.73. The monoisotopic (exact) mass is 220 g/mol. The highest BCUT2D eigenvalue weighted by Crippen LogP contribution is 2.14. The molecule has 2 nitrogen and oxygen atoms in total. The first kappa shape index (κ1) is 13.2. The van der Waals surface area contributed by atoms with E-state index < -0.39 is 0 Å². The van der Waals surface area contributed by atoms with Crippen LogP contribution in [0.15, 0.2) is 24.3 Å². The molecule has 0 saturated heterocycles. The quantitative estimate of drug-likeness (QED) is 0.826. The van der Waals surface area contributed by atoms with Gasteiger partial charge in [-0.15, -0.1) is 0 Å². The maximum atomic E-state index is 6.22. The summed E-state index contributed by atoms with van der Waals surface area (Å²) in [6.45, 7) is 10.7. The minimum Gasteiger partial charge on any atom is -0.323 e. The van der Waals surface area contributed by atoms with E-state index in [2.05, 4.69) is 56.9 Å². The van der Waals surface area contributed by atoms with Crippen LogP contribution < -0.4 is 5.73 Å². The Hall–Kier alpha value is -0.860. The van der Waals surface area contributed by atoms with E-state index in [-0.39, 0.29) is 6.04 Å². The second-order valence-electron chi connectivity index (χ2n) is 4.70. The van der Waals surface area contributed by atoms with Gasteiger partial charge in [0.05, 0.1) is 0 Å². The van der Waals surface area contributed by atoms with Crippen molar-refractivity contribution in [2.75, 3.05) is 13.1 Å². The maximum absolute atomic E-state index is 6.22. The molecular weight excluding hydrogens is 196 g/mol. The van der Waals surface area contributed by atoms with Crippen molar-refractivity contribution in [3.63, 3.8) is 0 Å². The molecule has 1 aromatic rings. The van der Waals surface area contributed by atoms with Crippen LogP contribution in [0, 0.1) is 6.92 Å². The number of benzene rings is 1. The van der Waals surface area contributed by atoms with E-state index in [0.717, 1.165) is 13.1 Å². The molecule has 0 spiro atoms. The van der Waals surface area contributed by atoms with E-state index in [4.69, 9.17) is 5.73 Å². The summed E-state index contributed by atoms with van der Waals surface area (Å²) in [4.78, 5) is 2.39. The van der Waals surface area contributed by atoms with Gasteiger partial charge in [0.1, 0.15) is 0 Å². The van der Waals surface area contributed by atoms with Crippen molar-refractivity contribution >= 4 is 0 Å². The summed E-state index contributed by atoms with van der Waals surface area (Å²) in [7, 11) is 0. The van der Waals surface area contributed by atoms with Crippen LogP contribution in [0.4, 0.5) is 0 Å². The predicted molar refractivity (Wildman–Crippen MR) is 70.5 cm³/mol. The first-order valence-corrected chi connectivity index (χ1v) is 6.10. The van der Waals surface area contributed by atoms with E-state index in [1.807, 2.05) is 0 Å². The molecule has 2 heteroatoms. The van der Waals surface area contributed by atoms with Gasteiger partial charge in [-0.2, -0.15) is 0 Å². The lowest BCUT2D eigenvalue weighted by Gasteiger charge is -2.28. The summed E-state index contributed by atoms with van der Waals surface area (Å²) in [5.74, 6) is 0. The molecule has 16 heavy (non-hydrogen) atoms. The van der Waals surface area contributed by atoms with Gasteiger partial charge in [0, 0.05) is 18.6 Å². The third kappa shape index (κ3) is 3.62. The molecule has 0 aliphatic carbocycles. The lowest BCUT2D eigenvalue weighted by atomic mass is 10.1. The average molecular weight is 220 g/mol. The summed E-state index contributed by atoms with van der Waals surface area (Å²) < 4.78 is 0. The third-order valence-corrected chi connectivity index (χ3v) is 3.07. The van der Waals surface area contributed by atoms with Crippen molar-refractivity contribution in [2.45, 2.75) is 39.8 Å². The summed E-state index contributed by atoms with van der Waals surface area (Å²) in [5, 5.41) is 0. The Kier molecular flexibility index (Phi) is 4.97. The summed E-state index contributed by atoms with van der Waals surface area (Å²) in [5.41, 5.74) is 8.73. The van der Waals surface area contributed by atoms with Crippen LogP contribution in [0.25, 0.3) is 0 Å². The fraction of sp³-hybridized carbons (Fsp3) is 0.571. The van der Waals surface area contributed by atoms with Crippen molar-refractivity contribution < 1.29 is 0 Å². The van der Waals surface area contributed by atoms with Gasteiger partial charge >= 0.3 is 0 Å². The number of hydrogen-bond acceptors (Lipinski definition) is 2. The zero-order valence-electron chi connectivity index (χ0n) is 10.9. The average Bonchev–Trinajstić information content (AvgIpc) is 2.26. The Bertz CT molecular complexity index is 303. The SMILES string of the molecule is CCN(CC(N)c1ccc(C)cc1)C(C)C. The number of rotatable bonds is 5. The molecule has 0 heterocycles. The summed E-state index contributed by atoms with van der Waals surface area (Å²) in [6.07, 6.45) is 0. The zero-order valence-corrected chi connectivity index (χ0v) is 10.9. The van der Waals surface area contributed by atoms with Gasteiger partial charge < -0.3 is 5.73 Å². The molecule has 1 aromatic carbocycles. The number of aryl methyl sites for hydroxylation is 1. The van der Waals surface area contributed by atoms with Crippen LogP contribution in [-0.2, 0) is 0 Å². The van der Waals surface area contributed by atoms with Gasteiger partial charge in [0.25, 0.3) is 0 Å². The lowest BCUT2D eigenvalue weighted by molar-refractivity contribution is 0.220. The lowest BCUT2D eigenvalue weighted by Crippen LogP contribution is -2.36. The Morgan fingerprint density at radius 3 is 2.19 bits per heavy atom. The molecule has 0 aromatic heterocycles. The molecule has 1 atom stereocenters. The highest BCUT2D eigenvalue weighted by atomic mass is 15.1. The molecular formula is C14H24N2. The first-order valence-electron chi connectivity index (χ1n) is 6.10. The molecule has 0 bridgehead atoms. The van der Waals surface area contributed by atoms with Crippen LogP contribution in [0.2, 0.25) is 0 Å². The fourth-order valence-electron chi connectivity index (χ4n) is 1.88. The minimum absolute atomic E-state index is 0.114. The number of hydrogen-bond donors (Lipinski definition) is 1. The van der Waals surface area contributed by atoms with E-state index in [0.29, 0.717) is 6.04 Å². The number of nitrogens with zero attached hydrogens (tertiary/aromatic N) is 1. The number of likely N-dealkylation sites (N-methyl/N-ethyl adjacent to an activating group) is 1. The Balaban J connectivity index is 2.64. The Labute approximate surface area is 99.5 Å². The third-order valence-electron chi connectivity index (χ3n) is 3.07. The van der Waals surface area contributed by atoms with Gasteiger partial charge in [-0.25, -0.2) is 0 Å². The van der Waals surface area contributed by atoms with Gasteiger partial charge in [-0.3, -0.25) is 4.90 Å². The van der Waals surface area contributed by atoms with Crippen LogP contribution in [-0.4, -0.2) is 24.0 Å². The van der Waals surface area contributed by atoms with Crippen molar-refractivity contribution in [2.24, 2.45) is 5.73 Å². The highest BCUT2D eigenvalue weighted by molar-refractivity contribution is 5.24. The van der Waals surface area contributed by atoms with E-state index in [1.54, 1.807) is 0 Å². The van der Waals surface area contributed by atoms with E-state index in [9.17, 15) is 0 Å². The Morgan fingerprint density at radius 1 is 1.19 bits per heavy atom. The standard InChI is InChI=1S/C14H24N2/c1-5-16(11(2)3)10-14(15)13-8-6-12(4)7-9-13/h6-9,11,14H,5,10,15H2,1-4H3. The Morgan fingerprint density at radius 2 is 1.75 bits per heavy atom. The van der Waals surface area contributed by atoms with E-state index >= 15 is 0 Å². The number of nitrogens with two attached hydrogens (primary N) is 1. The second kappa shape index (κ2) is 6.02. The van der Waals surface area contributed by atoms with Crippen molar-refractivity contribution in [3.8, 4) is 0 Å². The second-order valence-corrected chi connectivity index (χ2v) is 4.70. The fourth-order valence-corrected chi connectivity index (χ4v) is 1.88. The summed E-state index contributed by atoms with van der Waals surface area (Å²) >= 11 is 0. The smallest absolute Gasteiger partial charge is 0.0424 e. The zero-order chi connectivity index (χ0) is 12.1. The van der Waals surface area contributed by atoms with Crippen molar-refractivity contribution in [1.82, 2.24) is 4.90 Å². The van der Waals surface area contributed by atoms with Crippen molar-refractivity contribution in [3.05, 3.63) is 35.4 Å². The van der Waals surface area contributed by atoms with Crippen LogP contribution in [0.5, 0.6) is 0 Å². The molecule has 2 N–H and O–H groups in total. The van der Waals surface area contributed by atoms with Gasteiger partial charge in [-0.1, -0.05) is 36.8 Å². The summed E-state index contributed by atoms with van der Waals surface area (Å²) in [6, 6.07) is 9.19. The first-order chi connectivity index (χ1) is 7.54. The molecule has 90 valence electrons. The molecule has 0 saturated carbocycles. The van der Waals surface area contributed by atoms with E-state index in [1.165, 1.54) is 11.1 Å². The van der Waals surface area contributed by atoms with Crippen LogP contribution in [0.1, 0.15) is 37.9 Å². The van der Waals surface area contributed by atoms with Crippen LogP contribution >= 0.6 is 0 Å². The van der Waals surface area contributed by atoms with Crippen molar-refractivity contribution in [1.29, 1.82) is 0 Å². The molecule has 0 aliphatic heterocycles. The topological polar surface area (TPSA) is 29.3 Å². The van der Waals surface area contributed by atoms with Gasteiger partial charge in [-0.05, 0) is 32.9 Å². The molecule has 0 radical (unpaired) electrons. The van der Waals surface area contributed by atoms with Gasteiger partial charge in [0.2, 0.25) is 0 Å². The highest BCUT2D eigenvalue weighted by Gasteiger charge is 2.13.